The van der Waals surface area contributed by atoms with Gasteiger partial charge in [0.1, 0.15) is 10.8 Å². The van der Waals surface area contributed by atoms with Crippen LogP contribution >= 0.6 is 11.3 Å². The number of nitrogens with one attached hydrogen (secondary N) is 2. The number of pyridine rings is 2. The van der Waals surface area contributed by atoms with E-state index < -0.39 is 0 Å². The molecule has 4 aromatic heterocycles. The molecule has 37 heavy (non-hydrogen) atoms. The van der Waals surface area contributed by atoms with Crippen molar-refractivity contribution >= 4 is 23.2 Å². The van der Waals surface area contributed by atoms with Gasteiger partial charge in [0.05, 0.1) is 11.3 Å². The van der Waals surface area contributed by atoms with Gasteiger partial charge in [-0.25, -0.2) is 14.8 Å². The fourth-order valence-corrected chi connectivity index (χ4v) is 4.77. The van der Waals surface area contributed by atoms with Crippen molar-refractivity contribution in [3.8, 4) is 44.4 Å². The van der Waals surface area contributed by atoms with Gasteiger partial charge < -0.3 is 9.73 Å². The number of thiazole rings is 1. The predicted molar refractivity (Wildman–Crippen MR) is 144 cm³/mol. The van der Waals surface area contributed by atoms with Crippen LogP contribution in [0, 0.1) is 6.92 Å². The molecule has 2 amide bonds. The van der Waals surface area contributed by atoms with Gasteiger partial charge in [0, 0.05) is 59.2 Å². The molecule has 4 heterocycles. The highest BCUT2D eigenvalue weighted by molar-refractivity contribution is 7.13. The van der Waals surface area contributed by atoms with Crippen LogP contribution in [-0.2, 0) is 6.42 Å². The minimum atomic E-state index is -0.317. The van der Waals surface area contributed by atoms with Crippen molar-refractivity contribution in [2.45, 2.75) is 27.2 Å². The Morgan fingerprint density at radius 3 is 2.54 bits per heavy atom. The van der Waals surface area contributed by atoms with Gasteiger partial charge in [0.25, 0.3) is 0 Å². The third kappa shape index (κ3) is 5.24. The summed E-state index contributed by atoms with van der Waals surface area (Å²) in [4.78, 5) is 26.4. The molecular weight excluding hydrogens is 486 g/mol. The minimum absolute atomic E-state index is 0.317. The number of anilines is 1. The molecule has 9 nitrogen and oxygen atoms in total. The van der Waals surface area contributed by atoms with Crippen molar-refractivity contribution in [2.75, 3.05) is 11.9 Å². The Morgan fingerprint density at radius 1 is 0.973 bits per heavy atom. The molecule has 186 valence electrons. The van der Waals surface area contributed by atoms with Crippen molar-refractivity contribution in [3.63, 3.8) is 0 Å². The van der Waals surface area contributed by atoms with Gasteiger partial charge >= 0.3 is 6.03 Å². The Hall–Kier alpha value is -4.44. The lowest BCUT2D eigenvalue weighted by molar-refractivity contribution is 0.252. The maximum atomic E-state index is 12.2. The topological polar surface area (TPSA) is 119 Å². The molecule has 0 spiro atoms. The van der Waals surface area contributed by atoms with Gasteiger partial charge in [-0.3, -0.25) is 10.3 Å². The molecule has 0 radical (unpaired) electrons. The molecular formula is C27H25N7O2S. The lowest BCUT2D eigenvalue weighted by atomic mass is 9.98. The Kier molecular flexibility index (Phi) is 7.00. The average Bonchev–Trinajstić information content (AvgIpc) is 3.59. The van der Waals surface area contributed by atoms with Gasteiger partial charge in [-0.05, 0) is 25.5 Å². The van der Waals surface area contributed by atoms with Crippen LogP contribution in [0.3, 0.4) is 0 Å². The largest absolute Gasteiger partial charge is 0.421 e. The summed E-state index contributed by atoms with van der Waals surface area (Å²) < 4.78 is 5.64. The minimum Gasteiger partial charge on any atom is -0.421 e. The fraction of sp³-hybridized carbons (Fsp3) is 0.185. The van der Waals surface area contributed by atoms with E-state index in [2.05, 4.69) is 37.7 Å². The summed E-state index contributed by atoms with van der Waals surface area (Å²) in [7, 11) is 0. The zero-order valence-electron chi connectivity index (χ0n) is 20.6. The summed E-state index contributed by atoms with van der Waals surface area (Å²) in [5.74, 6) is 1.31. The van der Waals surface area contributed by atoms with Crippen LogP contribution in [0.15, 0.2) is 64.7 Å². The van der Waals surface area contributed by atoms with Crippen LogP contribution in [0.25, 0.3) is 44.4 Å². The lowest BCUT2D eigenvalue weighted by Crippen LogP contribution is -2.28. The third-order valence-electron chi connectivity index (χ3n) is 5.66. The summed E-state index contributed by atoms with van der Waals surface area (Å²) >= 11 is 1.53. The van der Waals surface area contributed by atoms with E-state index in [1.165, 1.54) is 11.3 Å². The molecule has 2 N–H and O–H groups in total. The number of aryl methyl sites for hydroxylation is 2. The number of hydrogen-bond donors (Lipinski definition) is 2. The summed E-state index contributed by atoms with van der Waals surface area (Å²) in [6.07, 6.45) is 4.20. The number of benzene rings is 1. The van der Waals surface area contributed by atoms with Crippen LogP contribution in [0.2, 0.25) is 0 Å². The maximum absolute atomic E-state index is 12.2. The molecule has 0 aliphatic rings. The molecule has 0 unspecified atom stereocenters. The number of aromatic nitrogens is 5. The highest BCUT2D eigenvalue weighted by Crippen LogP contribution is 2.39. The van der Waals surface area contributed by atoms with Crippen LogP contribution < -0.4 is 10.6 Å². The molecule has 5 aromatic rings. The second-order valence-corrected chi connectivity index (χ2v) is 9.06. The SMILES string of the molecule is CCNC(=O)Nc1cc(-c2nc(-c3ccccc3)cs2)c(-c2cc(-c3nnc(C)o3)cnc2CC)cn1. The standard InChI is InChI=1S/C27H25N7O2S/c1-4-22-19(11-18(13-29-22)25-34-33-16(3)36-25)21-14-30-24(32-27(35)28-5-2)12-20(21)26-31-23(15-37-26)17-9-7-6-8-10-17/h6-15H,4-5H2,1-3H3,(H2,28,30,32,35). The zero-order valence-corrected chi connectivity index (χ0v) is 21.5. The molecule has 1 aromatic carbocycles. The molecule has 0 saturated carbocycles. The molecule has 0 saturated heterocycles. The third-order valence-corrected chi connectivity index (χ3v) is 6.53. The Labute approximate surface area is 218 Å². The molecule has 0 fully saturated rings. The average molecular weight is 512 g/mol. The first-order chi connectivity index (χ1) is 18.1. The van der Waals surface area contributed by atoms with Crippen molar-refractivity contribution in [1.82, 2.24) is 30.5 Å². The van der Waals surface area contributed by atoms with E-state index in [1.807, 2.05) is 54.8 Å². The highest BCUT2D eigenvalue weighted by atomic mass is 32.1. The van der Waals surface area contributed by atoms with E-state index in [9.17, 15) is 4.79 Å². The zero-order chi connectivity index (χ0) is 25.8. The van der Waals surface area contributed by atoms with E-state index >= 15 is 0 Å². The number of hydrogen-bond acceptors (Lipinski definition) is 8. The van der Waals surface area contributed by atoms with Crippen molar-refractivity contribution in [2.24, 2.45) is 0 Å². The highest BCUT2D eigenvalue weighted by Gasteiger charge is 2.19. The predicted octanol–water partition coefficient (Wildman–Crippen LogP) is 6.00. The van der Waals surface area contributed by atoms with Crippen LogP contribution in [0.5, 0.6) is 0 Å². The van der Waals surface area contributed by atoms with Crippen molar-refractivity contribution in [3.05, 3.63) is 71.8 Å². The molecule has 10 heteroatoms. The van der Waals surface area contributed by atoms with E-state index in [1.54, 1.807) is 19.3 Å². The van der Waals surface area contributed by atoms with Gasteiger partial charge in [-0.2, -0.15) is 0 Å². The van der Waals surface area contributed by atoms with E-state index in [0.717, 1.165) is 38.6 Å². The quantitative estimate of drug-likeness (QED) is 0.275. The molecule has 0 atom stereocenters. The Balaban J connectivity index is 1.65. The van der Waals surface area contributed by atoms with Crippen LogP contribution in [0.4, 0.5) is 10.6 Å². The van der Waals surface area contributed by atoms with E-state index in [4.69, 9.17) is 9.40 Å². The summed E-state index contributed by atoms with van der Waals surface area (Å²) in [5, 5.41) is 16.5. The lowest BCUT2D eigenvalue weighted by Gasteiger charge is -2.14. The van der Waals surface area contributed by atoms with Crippen LogP contribution in [0.1, 0.15) is 25.4 Å². The second-order valence-electron chi connectivity index (χ2n) is 8.20. The van der Waals surface area contributed by atoms with Crippen LogP contribution in [-0.4, -0.2) is 37.7 Å². The Morgan fingerprint density at radius 2 is 1.81 bits per heavy atom. The van der Waals surface area contributed by atoms with Crippen molar-refractivity contribution in [1.29, 1.82) is 0 Å². The number of amides is 2. The van der Waals surface area contributed by atoms with Gasteiger partial charge in [0.15, 0.2) is 0 Å². The van der Waals surface area contributed by atoms with Crippen molar-refractivity contribution < 1.29 is 9.21 Å². The smallest absolute Gasteiger partial charge is 0.320 e. The monoisotopic (exact) mass is 511 g/mol. The number of rotatable bonds is 7. The van der Waals surface area contributed by atoms with Gasteiger partial charge in [0.2, 0.25) is 11.8 Å². The summed E-state index contributed by atoms with van der Waals surface area (Å²) in [5.41, 5.74) is 6.10. The number of carbonyl (C=O) groups is 1. The van der Waals surface area contributed by atoms with E-state index in [-0.39, 0.29) is 6.03 Å². The first kappa shape index (κ1) is 24.3. The summed E-state index contributed by atoms with van der Waals surface area (Å²) in [6.45, 7) is 6.17. The second kappa shape index (κ2) is 10.7. The van der Waals surface area contributed by atoms with Gasteiger partial charge in [-0.1, -0.05) is 37.3 Å². The normalized spacial score (nSPS) is 10.9. The molecule has 0 bridgehead atoms. The van der Waals surface area contributed by atoms with Gasteiger partial charge in [-0.15, -0.1) is 21.5 Å². The first-order valence-electron chi connectivity index (χ1n) is 11.9. The molecule has 0 aliphatic heterocycles. The maximum Gasteiger partial charge on any atom is 0.320 e. The number of urea groups is 1. The van der Waals surface area contributed by atoms with E-state index in [0.29, 0.717) is 36.1 Å². The molecule has 5 rings (SSSR count). The first-order valence-corrected chi connectivity index (χ1v) is 12.8. The number of nitrogens with zero attached hydrogens (tertiary/aromatic N) is 5. The Bertz CT molecular complexity index is 1550. The number of carbonyl (C=O) groups excluding carboxylic acids is 1. The fourth-order valence-electron chi connectivity index (χ4n) is 3.91. The summed E-state index contributed by atoms with van der Waals surface area (Å²) in [6, 6.07) is 13.5. The molecule has 0 aliphatic carbocycles.